The summed E-state index contributed by atoms with van der Waals surface area (Å²) in [6.07, 6.45) is 5.65. The molecule has 0 aromatic heterocycles. The topological polar surface area (TPSA) is 21.3 Å². The maximum absolute atomic E-state index is 13.3. The Kier molecular flexibility index (Phi) is 5.77. The molecule has 1 aliphatic carbocycles. The maximum Gasteiger partial charge on any atom is 0.123 e. The van der Waals surface area contributed by atoms with Gasteiger partial charge in [0.05, 0.1) is 5.60 Å². The summed E-state index contributed by atoms with van der Waals surface area (Å²) in [4.78, 5) is 0. The van der Waals surface area contributed by atoms with E-state index in [0.717, 1.165) is 37.4 Å². The predicted molar refractivity (Wildman–Crippen MR) is 84.9 cm³/mol. The molecule has 0 saturated heterocycles. The summed E-state index contributed by atoms with van der Waals surface area (Å²) in [6.45, 7) is 5.27. The van der Waals surface area contributed by atoms with Crippen molar-refractivity contribution in [1.82, 2.24) is 5.32 Å². The van der Waals surface area contributed by atoms with E-state index in [-0.39, 0.29) is 11.4 Å². The Morgan fingerprint density at radius 3 is 2.76 bits per heavy atom. The number of benzene rings is 1. The number of methoxy groups -OCH3 is 1. The second-order valence-electron chi connectivity index (χ2n) is 6.89. The first-order valence-electron chi connectivity index (χ1n) is 8.01. The highest BCUT2D eigenvalue weighted by molar-refractivity contribution is 5.17. The number of rotatable bonds is 9. The third-order valence-corrected chi connectivity index (χ3v) is 4.39. The van der Waals surface area contributed by atoms with Crippen LogP contribution < -0.4 is 5.32 Å². The third kappa shape index (κ3) is 6.15. The van der Waals surface area contributed by atoms with E-state index in [2.05, 4.69) is 19.2 Å². The number of hydrogen-bond acceptors (Lipinski definition) is 2. The zero-order valence-corrected chi connectivity index (χ0v) is 13.5. The van der Waals surface area contributed by atoms with Gasteiger partial charge in [-0.2, -0.15) is 0 Å². The molecular formula is C18H28FNO. The van der Waals surface area contributed by atoms with E-state index in [1.807, 2.05) is 6.07 Å². The molecule has 1 aromatic carbocycles. The van der Waals surface area contributed by atoms with Crippen LogP contribution in [-0.4, -0.2) is 25.3 Å². The van der Waals surface area contributed by atoms with Crippen molar-refractivity contribution in [3.05, 3.63) is 35.6 Å². The Hall–Kier alpha value is -0.930. The van der Waals surface area contributed by atoms with Crippen molar-refractivity contribution < 1.29 is 9.13 Å². The molecule has 118 valence electrons. The van der Waals surface area contributed by atoms with Crippen molar-refractivity contribution in [2.75, 3.05) is 13.7 Å². The quantitative estimate of drug-likeness (QED) is 0.744. The molecule has 1 unspecified atom stereocenters. The summed E-state index contributed by atoms with van der Waals surface area (Å²) in [5, 5.41) is 3.61. The van der Waals surface area contributed by atoms with Crippen LogP contribution in [0.1, 0.15) is 45.1 Å². The van der Waals surface area contributed by atoms with Crippen LogP contribution in [0.4, 0.5) is 4.39 Å². The van der Waals surface area contributed by atoms with Crippen LogP contribution in [0.3, 0.4) is 0 Å². The molecule has 1 aromatic rings. The molecule has 1 aliphatic rings. The van der Waals surface area contributed by atoms with E-state index >= 15 is 0 Å². The molecule has 3 heteroatoms. The second-order valence-corrected chi connectivity index (χ2v) is 6.89. The van der Waals surface area contributed by atoms with E-state index < -0.39 is 0 Å². The van der Waals surface area contributed by atoms with Gasteiger partial charge in [-0.3, -0.25) is 0 Å². The van der Waals surface area contributed by atoms with Crippen molar-refractivity contribution in [2.24, 2.45) is 5.92 Å². The minimum atomic E-state index is -0.140. The summed E-state index contributed by atoms with van der Waals surface area (Å²) in [6, 6.07) is 7.71. The zero-order valence-electron chi connectivity index (χ0n) is 13.5. The Morgan fingerprint density at radius 2 is 2.14 bits per heavy atom. The molecule has 0 spiro atoms. The van der Waals surface area contributed by atoms with Crippen LogP contribution in [0.25, 0.3) is 0 Å². The molecule has 0 amide bonds. The molecular weight excluding hydrogens is 265 g/mol. The Morgan fingerprint density at radius 1 is 1.38 bits per heavy atom. The summed E-state index contributed by atoms with van der Waals surface area (Å²) in [7, 11) is 1.77. The highest BCUT2D eigenvalue weighted by Crippen LogP contribution is 2.24. The SMILES string of the molecule is COC(C)(C)CCC(CNC1CC1)Cc1cccc(F)c1. The minimum Gasteiger partial charge on any atom is -0.379 e. The van der Waals surface area contributed by atoms with Gasteiger partial charge in [0.1, 0.15) is 5.82 Å². The smallest absolute Gasteiger partial charge is 0.123 e. The largest absolute Gasteiger partial charge is 0.379 e. The fourth-order valence-corrected chi connectivity index (χ4v) is 2.55. The van der Waals surface area contributed by atoms with E-state index in [1.54, 1.807) is 19.2 Å². The number of halogens is 1. The lowest BCUT2D eigenvalue weighted by molar-refractivity contribution is 0.0103. The first-order valence-corrected chi connectivity index (χ1v) is 8.01. The summed E-state index contributed by atoms with van der Waals surface area (Å²) in [5.41, 5.74) is 1.01. The molecule has 1 N–H and O–H groups in total. The third-order valence-electron chi connectivity index (χ3n) is 4.39. The van der Waals surface area contributed by atoms with Crippen molar-refractivity contribution in [3.8, 4) is 0 Å². The van der Waals surface area contributed by atoms with Crippen molar-refractivity contribution >= 4 is 0 Å². The van der Waals surface area contributed by atoms with Gasteiger partial charge < -0.3 is 10.1 Å². The van der Waals surface area contributed by atoms with Crippen molar-refractivity contribution in [3.63, 3.8) is 0 Å². The Labute approximate surface area is 128 Å². The summed E-state index contributed by atoms with van der Waals surface area (Å²) in [5.74, 6) is 0.389. The molecule has 1 atom stereocenters. The Bertz CT molecular complexity index is 443. The fourth-order valence-electron chi connectivity index (χ4n) is 2.55. The van der Waals surface area contributed by atoms with E-state index in [9.17, 15) is 4.39 Å². The summed E-state index contributed by atoms with van der Waals surface area (Å²) < 4.78 is 18.9. The van der Waals surface area contributed by atoms with Gasteiger partial charge in [0.15, 0.2) is 0 Å². The lowest BCUT2D eigenvalue weighted by Crippen LogP contribution is -2.29. The van der Waals surface area contributed by atoms with Gasteiger partial charge in [-0.05, 0) is 76.1 Å². The van der Waals surface area contributed by atoms with Crippen LogP contribution in [0.15, 0.2) is 24.3 Å². The van der Waals surface area contributed by atoms with Crippen LogP contribution in [0.2, 0.25) is 0 Å². The molecule has 2 rings (SSSR count). The predicted octanol–water partition coefficient (Wildman–Crippen LogP) is 3.94. The average Bonchev–Trinajstić information content (AvgIpc) is 3.26. The maximum atomic E-state index is 13.3. The first-order chi connectivity index (χ1) is 9.98. The van der Waals surface area contributed by atoms with Crippen LogP contribution in [-0.2, 0) is 11.2 Å². The van der Waals surface area contributed by atoms with Gasteiger partial charge in [-0.25, -0.2) is 4.39 Å². The molecule has 0 radical (unpaired) electrons. The van der Waals surface area contributed by atoms with E-state index in [1.165, 1.54) is 18.9 Å². The van der Waals surface area contributed by atoms with E-state index in [0.29, 0.717) is 5.92 Å². The van der Waals surface area contributed by atoms with Gasteiger partial charge in [-0.15, -0.1) is 0 Å². The molecule has 1 fully saturated rings. The normalized spacial score (nSPS) is 17.0. The second kappa shape index (κ2) is 7.37. The highest BCUT2D eigenvalue weighted by atomic mass is 19.1. The minimum absolute atomic E-state index is 0.0836. The lowest BCUT2D eigenvalue weighted by Gasteiger charge is -2.26. The van der Waals surface area contributed by atoms with E-state index in [4.69, 9.17) is 4.74 Å². The monoisotopic (exact) mass is 293 g/mol. The molecule has 0 heterocycles. The van der Waals surface area contributed by atoms with Crippen LogP contribution in [0.5, 0.6) is 0 Å². The number of ether oxygens (including phenoxy) is 1. The van der Waals surface area contributed by atoms with Crippen molar-refractivity contribution in [1.29, 1.82) is 0 Å². The van der Waals surface area contributed by atoms with Gasteiger partial charge in [0.2, 0.25) is 0 Å². The molecule has 0 aliphatic heterocycles. The number of hydrogen-bond donors (Lipinski definition) is 1. The molecule has 2 nitrogen and oxygen atoms in total. The Balaban J connectivity index is 1.90. The zero-order chi connectivity index (χ0) is 15.3. The standard InChI is InChI=1S/C18H28FNO/c1-18(2,21-3)10-9-15(13-20-17-7-8-17)11-14-5-4-6-16(19)12-14/h4-6,12,15,17,20H,7-11,13H2,1-3H3. The van der Waals surface area contributed by atoms with Crippen LogP contribution >= 0.6 is 0 Å². The van der Waals surface area contributed by atoms with Gasteiger partial charge in [0, 0.05) is 13.2 Å². The fraction of sp³-hybridized carbons (Fsp3) is 0.667. The summed E-state index contributed by atoms with van der Waals surface area (Å²) >= 11 is 0. The molecule has 1 saturated carbocycles. The van der Waals surface area contributed by atoms with Gasteiger partial charge >= 0.3 is 0 Å². The highest BCUT2D eigenvalue weighted by Gasteiger charge is 2.24. The molecule has 0 bridgehead atoms. The average molecular weight is 293 g/mol. The number of nitrogens with one attached hydrogen (secondary N) is 1. The van der Waals surface area contributed by atoms with Crippen molar-refractivity contribution in [2.45, 2.75) is 57.6 Å². The van der Waals surface area contributed by atoms with Gasteiger partial charge in [0.25, 0.3) is 0 Å². The van der Waals surface area contributed by atoms with Crippen LogP contribution in [0, 0.1) is 11.7 Å². The van der Waals surface area contributed by atoms with Gasteiger partial charge in [-0.1, -0.05) is 12.1 Å². The molecule has 21 heavy (non-hydrogen) atoms. The first kappa shape index (κ1) is 16.4. The lowest BCUT2D eigenvalue weighted by atomic mass is 9.90.